The fraction of sp³-hybridized carbons (Fsp3) is 0.533. The van der Waals surface area contributed by atoms with Crippen LogP contribution in [0, 0.1) is 13.8 Å². The number of hydrogen-bond acceptors (Lipinski definition) is 3. The summed E-state index contributed by atoms with van der Waals surface area (Å²) in [6.45, 7) is 5.72. The smallest absolute Gasteiger partial charge is 0.260 e. The molecule has 1 aliphatic heterocycles. The first-order valence-corrected chi connectivity index (χ1v) is 6.85. The highest BCUT2D eigenvalue weighted by Crippen LogP contribution is 2.24. The largest absolute Gasteiger partial charge is 0.483 e. The summed E-state index contributed by atoms with van der Waals surface area (Å²) in [7, 11) is 0. The van der Waals surface area contributed by atoms with Gasteiger partial charge in [0.2, 0.25) is 0 Å². The van der Waals surface area contributed by atoms with Gasteiger partial charge in [0.05, 0.1) is 0 Å². The van der Waals surface area contributed by atoms with Crippen molar-refractivity contribution in [3.05, 3.63) is 23.3 Å². The number of anilines is 1. The lowest BCUT2D eigenvalue weighted by Gasteiger charge is -2.26. The van der Waals surface area contributed by atoms with E-state index >= 15 is 0 Å². The van der Waals surface area contributed by atoms with Crippen molar-refractivity contribution in [3.8, 4) is 5.75 Å². The second kappa shape index (κ2) is 5.95. The summed E-state index contributed by atoms with van der Waals surface area (Å²) in [6.07, 6.45) is 3.43. The maximum absolute atomic E-state index is 12.0. The van der Waals surface area contributed by atoms with E-state index in [4.69, 9.17) is 10.5 Å². The highest BCUT2D eigenvalue weighted by molar-refractivity contribution is 5.78. The number of likely N-dealkylation sites (tertiary alicyclic amines) is 1. The number of piperidine rings is 1. The maximum atomic E-state index is 12.0. The van der Waals surface area contributed by atoms with E-state index in [2.05, 4.69) is 0 Å². The summed E-state index contributed by atoms with van der Waals surface area (Å²) in [4.78, 5) is 13.9. The van der Waals surface area contributed by atoms with Crippen LogP contribution in [0.3, 0.4) is 0 Å². The number of ether oxygens (including phenoxy) is 1. The normalized spacial score (nSPS) is 15.4. The molecule has 104 valence electrons. The minimum Gasteiger partial charge on any atom is -0.483 e. The molecule has 1 amide bonds. The van der Waals surface area contributed by atoms with Crippen LogP contribution < -0.4 is 10.5 Å². The minimum absolute atomic E-state index is 0.0774. The van der Waals surface area contributed by atoms with E-state index in [9.17, 15) is 4.79 Å². The Morgan fingerprint density at radius 2 is 1.89 bits per heavy atom. The molecule has 19 heavy (non-hydrogen) atoms. The van der Waals surface area contributed by atoms with E-state index < -0.39 is 0 Å². The molecule has 0 radical (unpaired) electrons. The van der Waals surface area contributed by atoms with Crippen LogP contribution in [0.15, 0.2) is 12.1 Å². The zero-order chi connectivity index (χ0) is 13.8. The van der Waals surface area contributed by atoms with Crippen molar-refractivity contribution in [2.75, 3.05) is 25.4 Å². The number of amides is 1. The van der Waals surface area contributed by atoms with E-state index in [0.29, 0.717) is 0 Å². The van der Waals surface area contributed by atoms with Crippen molar-refractivity contribution in [2.24, 2.45) is 0 Å². The average Bonchev–Trinajstić information content (AvgIpc) is 2.42. The van der Waals surface area contributed by atoms with Gasteiger partial charge in [0.15, 0.2) is 6.61 Å². The van der Waals surface area contributed by atoms with Crippen LogP contribution in [-0.4, -0.2) is 30.5 Å². The highest BCUT2D eigenvalue weighted by Gasteiger charge is 2.17. The zero-order valence-corrected chi connectivity index (χ0v) is 11.7. The minimum atomic E-state index is 0.0774. The Morgan fingerprint density at radius 1 is 1.21 bits per heavy atom. The van der Waals surface area contributed by atoms with Crippen LogP contribution in [0.5, 0.6) is 5.75 Å². The predicted molar refractivity (Wildman–Crippen MR) is 76.3 cm³/mol. The number of benzene rings is 1. The number of nitrogens with zero attached hydrogens (tertiary/aromatic N) is 1. The highest BCUT2D eigenvalue weighted by atomic mass is 16.5. The molecule has 4 heteroatoms. The maximum Gasteiger partial charge on any atom is 0.260 e. The number of carbonyl (C=O) groups excluding carboxylic acids is 1. The van der Waals surface area contributed by atoms with Crippen LogP contribution in [0.2, 0.25) is 0 Å². The van der Waals surface area contributed by atoms with Gasteiger partial charge in [0.25, 0.3) is 5.91 Å². The Labute approximate surface area is 114 Å². The van der Waals surface area contributed by atoms with Gasteiger partial charge in [-0.3, -0.25) is 4.79 Å². The van der Waals surface area contributed by atoms with Gasteiger partial charge >= 0.3 is 0 Å². The van der Waals surface area contributed by atoms with Gasteiger partial charge in [0, 0.05) is 18.8 Å². The summed E-state index contributed by atoms with van der Waals surface area (Å²) in [5.41, 5.74) is 8.53. The first kappa shape index (κ1) is 13.7. The van der Waals surface area contributed by atoms with Gasteiger partial charge in [-0.2, -0.15) is 0 Å². The van der Waals surface area contributed by atoms with Gasteiger partial charge in [-0.1, -0.05) is 0 Å². The van der Waals surface area contributed by atoms with Gasteiger partial charge < -0.3 is 15.4 Å². The SMILES string of the molecule is Cc1cc(OCC(=O)N2CCCCC2)c(C)cc1N. The molecule has 0 aromatic heterocycles. The van der Waals surface area contributed by atoms with Gasteiger partial charge in [-0.25, -0.2) is 0 Å². The van der Waals surface area contributed by atoms with E-state index in [1.807, 2.05) is 30.9 Å². The van der Waals surface area contributed by atoms with Gasteiger partial charge in [-0.05, 0) is 56.4 Å². The summed E-state index contributed by atoms with van der Waals surface area (Å²) in [5, 5.41) is 0. The van der Waals surface area contributed by atoms with Crippen LogP contribution in [0.4, 0.5) is 5.69 Å². The molecule has 2 N–H and O–H groups in total. The van der Waals surface area contributed by atoms with E-state index in [1.54, 1.807) is 0 Å². The average molecular weight is 262 g/mol. The molecular weight excluding hydrogens is 240 g/mol. The fourth-order valence-electron chi connectivity index (χ4n) is 2.34. The quantitative estimate of drug-likeness (QED) is 0.850. The zero-order valence-electron chi connectivity index (χ0n) is 11.7. The summed E-state index contributed by atoms with van der Waals surface area (Å²) >= 11 is 0. The third-order valence-corrected chi connectivity index (χ3v) is 3.62. The fourth-order valence-corrected chi connectivity index (χ4v) is 2.34. The molecule has 0 spiro atoms. The Hall–Kier alpha value is -1.71. The van der Waals surface area contributed by atoms with Crippen LogP contribution >= 0.6 is 0 Å². The Balaban J connectivity index is 1.94. The molecule has 0 bridgehead atoms. The molecule has 1 aromatic rings. The van der Waals surface area contributed by atoms with E-state index in [1.165, 1.54) is 6.42 Å². The summed E-state index contributed by atoms with van der Waals surface area (Å²) in [5.74, 6) is 0.825. The third-order valence-electron chi connectivity index (χ3n) is 3.62. The van der Waals surface area contributed by atoms with Crippen molar-refractivity contribution in [1.29, 1.82) is 0 Å². The first-order valence-electron chi connectivity index (χ1n) is 6.85. The molecule has 1 aromatic carbocycles. The number of nitrogens with two attached hydrogens (primary N) is 1. The first-order chi connectivity index (χ1) is 9.08. The molecular formula is C15H22N2O2. The van der Waals surface area contributed by atoms with Crippen molar-refractivity contribution < 1.29 is 9.53 Å². The van der Waals surface area contributed by atoms with Crippen molar-refractivity contribution in [1.82, 2.24) is 4.90 Å². The van der Waals surface area contributed by atoms with Gasteiger partial charge in [-0.15, -0.1) is 0 Å². The summed E-state index contributed by atoms with van der Waals surface area (Å²) in [6, 6.07) is 3.78. The molecule has 1 saturated heterocycles. The number of carbonyl (C=O) groups is 1. The van der Waals surface area contributed by atoms with Crippen molar-refractivity contribution >= 4 is 11.6 Å². The molecule has 4 nitrogen and oxygen atoms in total. The Kier molecular flexibility index (Phi) is 4.30. The Bertz CT molecular complexity index is 465. The van der Waals surface area contributed by atoms with E-state index in [-0.39, 0.29) is 12.5 Å². The number of rotatable bonds is 3. The standard InChI is InChI=1S/C15H22N2O2/c1-11-9-14(12(2)8-13(11)16)19-10-15(18)17-6-4-3-5-7-17/h8-9H,3-7,10,16H2,1-2H3. The number of nitrogen functional groups attached to an aromatic ring is 1. The molecule has 0 aliphatic carbocycles. The lowest BCUT2D eigenvalue weighted by molar-refractivity contribution is -0.134. The second-order valence-corrected chi connectivity index (χ2v) is 5.20. The predicted octanol–water partition coefficient (Wildman–Crippen LogP) is 2.28. The van der Waals surface area contributed by atoms with Crippen LogP contribution in [0.25, 0.3) is 0 Å². The molecule has 1 aliphatic rings. The molecule has 2 rings (SSSR count). The van der Waals surface area contributed by atoms with Gasteiger partial charge in [0.1, 0.15) is 5.75 Å². The van der Waals surface area contributed by atoms with Crippen LogP contribution in [-0.2, 0) is 4.79 Å². The summed E-state index contributed by atoms with van der Waals surface area (Å²) < 4.78 is 5.64. The number of aryl methyl sites for hydroxylation is 2. The van der Waals surface area contributed by atoms with Crippen molar-refractivity contribution in [3.63, 3.8) is 0 Å². The second-order valence-electron chi connectivity index (χ2n) is 5.20. The Morgan fingerprint density at radius 3 is 2.58 bits per heavy atom. The molecule has 0 unspecified atom stereocenters. The molecule has 1 fully saturated rings. The molecule has 0 atom stereocenters. The lowest BCUT2D eigenvalue weighted by Crippen LogP contribution is -2.38. The monoisotopic (exact) mass is 262 g/mol. The number of hydrogen-bond donors (Lipinski definition) is 1. The van der Waals surface area contributed by atoms with Crippen LogP contribution in [0.1, 0.15) is 30.4 Å². The third kappa shape index (κ3) is 3.40. The van der Waals surface area contributed by atoms with Crippen molar-refractivity contribution in [2.45, 2.75) is 33.1 Å². The molecule has 0 saturated carbocycles. The van der Waals surface area contributed by atoms with E-state index in [0.717, 1.165) is 48.5 Å². The lowest BCUT2D eigenvalue weighted by atomic mass is 10.1. The topological polar surface area (TPSA) is 55.6 Å². The molecule has 1 heterocycles.